The molecule has 3 aromatic rings. The average Bonchev–Trinajstić information content (AvgIpc) is 2.87. The summed E-state index contributed by atoms with van der Waals surface area (Å²) in [6, 6.07) is 10.3. The highest BCUT2D eigenvalue weighted by Gasteiger charge is 2.31. The molecule has 1 amide bonds. The van der Waals surface area contributed by atoms with Crippen molar-refractivity contribution < 1.29 is 23.4 Å². The average molecular weight is 485 g/mol. The highest BCUT2D eigenvalue weighted by atomic mass is 19.2. The molecule has 8 nitrogen and oxygen atoms in total. The number of amides is 1. The SMILES string of the molecule is CC.O=C1c2c(O)c(=O)ccn2N(Cc2ccccn2)CN1C/C=C/COc1cccc(F)c1F. The number of carbonyl (C=O) groups is 1. The van der Waals surface area contributed by atoms with Gasteiger partial charge in [-0.3, -0.25) is 24.3 Å². The fraction of sp³-hybridized carbons (Fsp3) is 0.240. The van der Waals surface area contributed by atoms with Gasteiger partial charge < -0.3 is 14.7 Å². The van der Waals surface area contributed by atoms with Crippen molar-refractivity contribution in [1.29, 1.82) is 0 Å². The van der Waals surface area contributed by atoms with E-state index in [1.165, 1.54) is 34.0 Å². The number of ether oxygens (including phenoxy) is 1. The zero-order chi connectivity index (χ0) is 25.4. The van der Waals surface area contributed by atoms with Crippen LogP contribution in [0.3, 0.4) is 0 Å². The molecule has 1 aliphatic heterocycles. The van der Waals surface area contributed by atoms with E-state index in [0.717, 1.165) is 11.8 Å². The van der Waals surface area contributed by atoms with E-state index in [1.54, 1.807) is 29.4 Å². The van der Waals surface area contributed by atoms with E-state index in [1.807, 2.05) is 26.0 Å². The number of halogens is 2. The molecule has 1 N–H and O–H groups in total. The van der Waals surface area contributed by atoms with Gasteiger partial charge in [0.25, 0.3) is 5.91 Å². The summed E-state index contributed by atoms with van der Waals surface area (Å²) >= 11 is 0. The third-order valence-corrected chi connectivity index (χ3v) is 5.00. The first-order valence-corrected chi connectivity index (χ1v) is 11.1. The molecule has 4 rings (SSSR count). The van der Waals surface area contributed by atoms with Gasteiger partial charge in [-0.2, -0.15) is 4.39 Å². The van der Waals surface area contributed by atoms with Gasteiger partial charge in [0.2, 0.25) is 11.2 Å². The van der Waals surface area contributed by atoms with Crippen LogP contribution in [0.2, 0.25) is 0 Å². The molecule has 3 heterocycles. The van der Waals surface area contributed by atoms with Crippen LogP contribution in [0.25, 0.3) is 0 Å². The minimum atomic E-state index is -1.07. The number of aromatic nitrogens is 2. The van der Waals surface area contributed by atoms with Crippen LogP contribution in [0.15, 0.2) is 71.8 Å². The van der Waals surface area contributed by atoms with E-state index >= 15 is 0 Å². The van der Waals surface area contributed by atoms with Gasteiger partial charge in [-0.1, -0.05) is 32.1 Å². The number of nitrogens with zero attached hydrogens (tertiary/aromatic N) is 4. The van der Waals surface area contributed by atoms with Crippen LogP contribution >= 0.6 is 0 Å². The molecule has 0 saturated carbocycles. The number of carbonyl (C=O) groups excluding carboxylic acids is 1. The van der Waals surface area contributed by atoms with Gasteiger partial charge in [0.05, 0.1) is 12.2 Å². The van der Waals surface area contributed by atoms with Crippen molar-refractivity contribution in [2.24, 2.45) is 0 Å². The third kappa shape index (κ3) is 5.84. The summed E-state index contributed by atoms with van der Waals surface area (Å²) in [5.41, 5.74) is -0.0662. The fourth-order valence-corrected chi connectivity index (χ4v) is 3.38. The normalized spacial score (nSPS) is 12.9. The Balaban J connectivity index is 0.00000167. The maximum Gasteiger partial charge on any atom is 0.278 e. The van der Waals surface area contributed by atoms with E-state index < -0.39 is 28.7 Å². The van der Waals surface area contributed by atoms with Crippen molar-refractivity contribution in [3.8, 4) is 11.5 Å². The van der Waals surface area contributed by atoms with E-state index in [-0.39, 0.29) is 31.3 Å². The molecule has 0 unspecified atom stereocenters. The Bertz CT molecular complexity index is 1250. The Morgan fingerprint density at radius 3 is 2.63 bits per heavy atom. The third-order valence-electron chi connectivity index (χ3n) is 5.00. The largest absolute Gasteiger partial charge is 0.502 e. The van der Waals surface area contributed by atoms with Gasteiger partial charge in [0, 0.05) is 25.0 Å². The monoisotopic (exact) mass is 484 g/mol. The first-order chi connectivity index (χ1) is 17.0. The van der Waals surface area contributed by atoms with E-state index in [0.29, 0.717) is 6.54 Å². The van der Waals surface area contributed by atoms with Crippen molar-refractivity contribution in [1.82, 2.24) is 14.6 Å². The first-order valence-electron chi connectivity index (χ1n) is 11.1. The van der Waals surface area contributed by atoms with Gasteiger partial charge in [-0.15, -0.1) is 0 Å². The molecular formula is C25H26F2N4O4. The molecule has 2 aromatic heterocycles. The maximum absolute atomic E-state index is 13.6. The second-order valence-electron chi connectivity index (χ2n) is 7.21. The van der Waals surface area contributed by atoms with E-state index in [4.69, 9.17) is 4.74 Å². The molecule has 1 aliphatic rings. The molecule has 0 saturated heterocycles. The predicted molar refractivity (Wildman–Crippen MR) is 127 cm³/mol. The van der Waals surface area contributed by atoms with Gasteiger partial charge >= 0.3 is 0 Å². The summed E-state index contributed by atoms with van der Waals surface area (Å²) in [5, 5.41) is 12.0. The molecule has 0 fully saturated rings. The number of benzene rings is 1. The summed E-state index contributed by atoms with van der Waals surface area (Å²) in [5.74, 6) is -3.44. The summed E-state index contributed by atoms with van der Waals surface area (Å²) in [7, 11) is 0. The van der Waals surface area contributed by atoms with Gasteiger partial charge in [-0.05, 0) is 30.3 Å². The lowest BCUT2D eigenvalue weighted by atomic mass is 10.2. The van der Waals surface area contributed by atoms with Crippen molar-refractivity contribution in [2.45, 2.75) is 20.4 Å². The Morgan fingerprint density at radius 2 is 1.89 bits per heavy atom. The molecule has 0 bridgehead atoms. The molecule has 0 radical (unpaired) electrons. The van der Waals surface area contributed by atoms with Gasteiger partial charge in [-0.25, -0.2) is 4.39 Å². The van der Waals surface area contributed by atoms with E-state index in [2.05, 4.69) is 4.98 Å². The topological polar surface area (TPSA) is 87.9 Å². The quantitative estimate of drug-likeness (QED) is 0.517. The Morgan fingerprint density at radius 1 is 1.09 bits per heavy atom. The van der Waals surface area contributed by atoms with Gasteiger partial charge in [0.15, 0.2) is 23.0 Å². The highest BCUT2D eigenvalue weighted by Crippen LogP contribution is 2.21. The van der Waals surface area contributed by atoms with Crippen molar-refractivity contribution >= 4 is 5.91 Å². The summed E-state index contributed by atoms with van der Waals surface area (Å²) < 4.78 is 33.6. The molecule has 1 aromatic carbocycles. The van der Waals surface area contributed by atoms with Gasteiger partial charge in [0.1, 0.15) is 13.3 Å². The number of hydrogen-bond acceptors (Lipinski definition) is 6. The first kappa shape index (κ1) is 25.4. The maximum atomic E-state index is 13.6. The van der Waals surface area contributed by atoms with Crippen molar-refractivity contribution in [3.05, 3.63) is 100 Å². The fourth-order valence-electron chi connectivity index (χ4n) is 3.38. The van der Waals surface area contributed by atoms with E-state index in [9.17, 15) is 23.5 Å². The summed E-state index contributed by atoms with van der Waals surface area (Å²) in [4.78, 5) is 30.6. The molecule has 0 atom stereocenters. The standard InChI is InChI=1S/C23H20F2N4O4.C2H6/c24-17-7-5-8-19(20(17)25)33-13-4-3-11-27-15-28(14-16-6-1-2-10-26-16)29-12-9-18(30)22(31)21(29)23(27)32;1-2/h1-10,12,31H,11,13-15H2;1-2H3/b4-3+;. The van der Waals surface area contributed by atoms with Crippen LogP contribution in [0.4, 0.5) is 8.78 Å². The molecule has 184 valence electrons. The van der Waals surface area contributed by atoms with Crippen molar-refractivity contribution in [2.75, 3.05) is 24.8 Å². The number of fused-ring (bicyclic) bond motifs is 1. The Labute approximate surface area is 201 Å². The number of pyridine rings is 2. The molecular weight excluding hydrogens is 458 g/mol. The van der Waals surface area contributed by atoms with Crippen LogP contribution in [0, 0.1) is 11.6 Å². The zero-order valence-electron chi connectivity index (χ0n) is 19.4. The second kappa shape index (κ2) is 11.8. The molecule has 0 spiro atoms. The van der Waals surface area contributed by atoms with Crippen LogP contribution in [0.1, 0.15) is 30.0 Å². The minimum absolute atomic E-state index is 0.0403. The summed E-state index contributed by atoms with van der Waals surface area (Å²) in [6.07, 6.45) is 6.28. The van der Waals surface area contributed by atoms with Crippen LogP contribution in [-0.4, -0.2) is 45.4 Å². The van der Waals surface area contributed by atoms with Crippen molar-refractivity contribution in [3.63, 3.8) is 0 Å². The van der Waals surface area contributed by atoms with Crippen LogP contribution in [0.5, 0.6) is 11.5 Å². The predicted octanol–water partition coefficient (Wildman–Crippen LogP) is 3.44. The lowest BCUT2D eigenvalue weighted by Gasteiger charge is -2.39. The Kier molecular flexibility index (Phi) is 8.55. The Hall–Kier alpha value is -4.21. The molecule has 35 heavy (non-hydrogen) atoms. The summed E-state index contributed by atoms with van der Waals surface area (Å²) in [6.45, 7) is 4.58. The highest BCUT2D eigenvalue weighted by molar-refractivity contribution is 5.96. The zero-order valence-corrected chi connectivity index (χ0v) is 19.4. The number of rotatable bonds is 7. The lowest BCUT2D eigenvalue weighted by Crippen LogP contribution is -2.53. The second-order valence-corrected chi connectivity index (χ2v) is 7.21. The molecule has 10 heteroatoms. The number of aromatic hydroxyl groups is 1. The lowest BCUT2D eigenvalue weighted by molar-refractivity contribution is 0.0706. The van der Waals surface area contributed by atoms with Crippen LogP contribution < -0.4 is 15.2 Å². The number of hydrogen-bond donors (Lipinski definition) is 1. The smallest absolute Gasteiger partial charge is 0.278 e. The molecule has 0 aliphatic carbocycles. The minimum Gasteiger partial charge on any atom is -0.502 e. The van der Waals surface area contributed by atoms with Crippen LogP contribution in [-0.2, 0) is 6.54 Å².